The third-order valence-corrected chi connectivity index (χ3v) is 6.77. The smallest absolute Gasteiger partial charge is 0.362 e. The van der Waals surface area contributed by atoms with Crippen LogP contribution in [0, 0.1) is 6.92 Å². The van der Waals surface area contributed by atoms with Crippen molar-refractivity contribution in [2.45, 2.75) is 45.8 Å². The lowest BCUT2D eigenvalue weighted by Crippen LogP contribution is -2.63. The molecule has 2 aromatic carbocycles. The van der Waals surface area contributed by atoms with E-state index < -0.39 is 12.0 Å². The number of esters is 2. The molecule has 7 nitrogen and oxygen atoms in total. The first-order valence-electron chi connectivity index (χ1n) is 11.5. The Morgan fingerprint density at radius 2 is 1.76 bits per heavy atom. The van der Waals surface area contributed by atoms with Crippen molar-refractivity contribution in [3.8, 4) is 0 Å². The highest BCUT2D eigenvalue weighted by molar-refractivity contribution is 6.31. The Bertz CT molecular complexity index is 1030. The van der Waals surface area contributed by atoms with Crippen LogP contribution in [0.1, 0.15) is 47.7 Å². The van der Waals surface area contributed by atoms with Crippen molar-refractivity contribution in [3.63, 3.8) is 0 Å². The third-order valence-electron chi connectivity index (χ3n) is 6.55. The van der Waals surface area contributed by atoms with Gasteiger partial charge in [0.25, 0.3) is 5.91 Å². The van der Waals surface area contributed by atoms with Gasteiger partial charge in [0.05, 0.1) is 31.5 Å². The van der Waals surface area contributed by atoms with Crippen LogP contribution in [0.2, 0.25) is 5.02 Å². The van der Waals surface area contributed by atoms with Crippen LogP contribution in [0.5, 0.6) is 0 Å². The van der Waals surface area contributed by atoms with E-state index in [4.69, 9.17) is 21.1 Å². The zero-order valence-electron chi connectivity index (χ0n) is 19.9. The number of anilines is 1. The lowest BCUT2D eigenvalue weighted by atomic mass is 10.0. The van der Waals surface area contributed by atoms with E-state index in [1.165, 1.54) is 13.2 Å². The van der Waals surface area contributed by atoms with Gasteiger partial charge in [0.15, 0.2) is 12.6 Å². The minimum Gasteiger partial charge on any atom is -0.465 e. The molecule has 1 aliphatic heterocycles. The second-order valence-corrected chi connectivity index (χ2v) is 9.27. The quantitative estimate of drug-likeness (QED) is 0.437. The summed E-state index contributed by atoms with van der Waals surface area (Å²) in [4.78, 5) is 38.5. The summed E-state index contributed by atoms with van der Waals surface area (Å²) in [6.45, 7) is 5.33. The van der Waals surface area contributed by atoms with Gasteiger partial charge >= 0.3 is 11.9 Å². The SMILES string of the molecule is COC(=O)c1cc(Cl)cc(C)c1NC(=O)C(C)[N+]1(CC(=O)OCc2ccccc2)CCCCC1. The van der Waals surface area contributed by atoms with Crippen molar-refractivity contribution >= 4 is 35.1 Å². The van der Waals surface area contributed by atoms with E-state index in [1.54, 1.807) is 13.0 Å². The van der Waals surface area contributed by atoms with Gasteiger partial charge < -0.3 is 19.3 Å². The molecule has 1 atom stereocenters. The number of nitrogens with zero attached hydrogens (tertiary/aromatic N) is 1. The maximum atomic E-state index is 13.4. The van der Waals surface area contributed by atoms with Crippen molar-refractivity contribution in [1.29, 1.82) is 0 Å². The first-order valence-corrected chi connectivity index (χ1v) is 11.9. The highest BCUT2D eigenvalue weighted by atomic mass is 35.5. The number of carbonyl (C=O) groups is 3. The molecule has 8 heteroatoms. The Morgan fingerprint density at radius 1 is 1.09 bits per heavy atom. The molecule has 34 heavy (non-hydrogen) atoms. The van der Waals surface area contributed by atoms with Crippen LogP contribution in [-0.2, 0) is 25.7 Å². The fraction of sp³-hybridized carbons (Fsp3) is 0.423. The Morgan fingerprint density at radius 3 is 2.41 bits per heavy atom. The van der Waals surface area contributed by atoms with E-state index in [2.05, 4.69) is 5.32 Å². The van der Waals surface area contributed by atoms with Crippen molar-refractivity contribution < 1.29 is 28.3 Å². The molecule has 2 aromatic rings. The first-order chi connectivity index (χ1) is 16.3. The molecule has 182 valence electrons. The first kappa shape index (κ1) is 25.7. The molecular weight excluding hydrogens is 456 g/mol. The highest BCUT2D eigenvalue weighted by Crippen LogP contribution is 2.29. The molecule has 1 fully saturated rings. The molecule has 1 unspecified atom stereocenters. The zero-order valence-corrected chi connectivity index (χ0v) is 20.7. The van der Waals surface area contributed by atoms with Gasteiger partial charge in [-0.1, -0.05) is 41.9 Å². The Balaban J connectivity index is 1.77. The molecule has 0 aromatic heterocycles. The lowest BCUT2D eigenvalue weighted by molar-refractivity contribution is -0.938. The van der Waals surface area contributed by atoms with Crippen LogP contribution in [0.4, 0.5) is 5.69 Å². The molecule has 1 saturated heterocycles. The maximum Gasteiger partial charge on any atom is 0.362 e. The predicted molar refractivity (Wildman–Crippen MR) is 131 cm³/mol. The van der Waals surface area contributed by atoms with Gasteiger partial charge in [-0.15, -0.1) is 0 Å². The molecule has 0 spiro atoms. The average molecular weight is 488 g/mol. The van der Waals surface area contributed by atoms with Crippen LogP contribution >= 0.6 is 11.6 Å². The number of ether oxygens (including phenoxy) is 2. The van der Waals surface area contributed by atoms with Crippen LogP contribution in [-0.4, -0.2) is 55.1 Å². The molecular formula is C26H32ClN2O5+. The summed E-state index contributed by atoms with van der Waals surface area (Å²) in [5.41, 5.74) is 2.14. The van der Waals surface area contributed by atoms with Crippen molar-refractivity contribution in [2.75, 3.05) is 32.1 Å². The minimum atomic E-state index is -0.583. The number of rotatable bonds is 8. The summed E-state index contributed by atoms with van der Waals surface area (Å²) in [5, 5.41) is 3.29. The number of benzene rings is 2. The highest BCUT2D eigenvalue weighted by Gasteiger charge is 2.42. The van der Waals surface area contributed by atoms with Gasteiger partial charge in [0.2, 0.25) is 0 Å². The number of nitrogens with one attached hydrogen (secondary N) is 1. The molecule has 0 bridgehead atoms. The second-order valence-electron chi connectivity index (χ2n) is 8.83. The Kier molecular flexibility index (Phi) is 8.69. The number of carbonyl (C=O) groups excluding carboxylic acids is 3. The fourth-order valence-electron chi connectivity index (χ4n) is 4.52. The van der Waals surface area contributed by atoms with Crippen molar-refractivity contribution in [3.05, 3.63) is 64.2 Å². The van der Waals surface area contributed by atoms with Crippen LogP contribution in [0.25, 0.3) is 0 Å². The van der Waals surface area contributed by atoms with Gasteiger partial charge in [-0.3, -0.25) is 4.79 Å². The van der Waals surface area contributed by atoms with E-state index in [0.717, 1.165) is 24.8 Å². The maximum absolute atomic E-state index is 13.4. The summed E-state index contributed by atoms with van der Waals surface area (Å²) in [5.74, 6) is -1.18. The fourth-order valence-corrected chi connectivity index (χ4v) is 4.79. The number of halogens is 1. The number of quaternary nitrogens is 1. The number of piperidine rings is 1. The number of methoxy groups -OCH3 is 1. The van der Waals surface area contributed by atoms with E-state index in [-0.39, 0.29) is 30.6 Å². The van der Waals surface area contributed by atoms with E-state index in [1.807, 2.05) is 37.3 Å². The molecule has 1 aliphatic rings. The van der Waals surface area contributed by atoms with E-state index >= 15 is 0 Å². The molecule has 1 heterocycles. The molecule has 1 amide bonds. The number of likely N-dealkylation sites (tertiary alicyclic amines) is 1. The number of aryl methyl sites for hydroxylation is 1. The van der Waals surface area contributed by atoms with Crippen molar-refractivity contribution in [1.82, 2.24) is 0 Å². The monoisotopic (exact) mass is 487 g/mol. The van der Waals surface area contributed by atoms with E-state index in [9.17, 15) is 14.4 Å². The molecule has 0 saturated carbocycles. The molecule has 3 rings (SSSR count). The zero-order chi connectivity index (χ0) is 24.7. The summed E-state index contributed by atoms with van der Waals surface area (Å²) in [7, 11) is 1.28. The largest absolute Gasteiger partial charge is 0.465 e. The van der Waals surface area contributed by atoms with E-state index in [0.29, 0.717) is 33.8 Å². The Labute approximate surface area is 205 Å². The Hall–Kier alpha value is -2.90. The predicted octanol–water partition coefficient (Wildman–Crippen LogP) is 4.51. The summed E-state index contributed by atoms with van der Waals surface area (Å²) in [6.07, 6.45) is 2.92. The number of hydrogen-bond donors (Lipinski definition) is 1. The second kappa shape index (κ2) is 11.5. The van der Waals surface area contributed by atoms with Crippen molar-refractivity contribution in [2.24, 2.45) is 0 Å². The lowest BCUT2D eigenvalue weighted by Gasteiger charge is -2.44. The standard InChI is InChI=1S/C26H31ClN2O5/c1-18-14-21(27)15-22(26(32)33-3)24(18)28-25(31)19(2)29(12-8-5-9-13-29)16-23(30)34-17-20-10-6-4-7-11-20/h4,6-7,10-11,14-15,19H,5,8-9,12-13,16-17H2,1-3H3/p+1. The van der Waals surface area contributed by atoms with Gasteiger partial charge in [0.1, 0.15) is 6.61 Å². The molecule has 1 N–H and O–H groups in total. The van der Waals surface area contributed by atoms with Gasteiger partial charge in [-0.25, -0.2) is 9.59 Å². The summed E-state index contributed by atoms with van der Waals surface area (Å²) < 4.78 is 10.7. The normalized spacial score (nSPS) is 15.8. The topological polar surface area (TPSA) is 81.7 Å². The third kappa shape index (κ3) is 6.15. The van der Waals surface area contributed by atoms with Crippen LogP contribution in [0.3, 0.4) is 0 Å². The minimum absolute atomic E-state index is 0.116. The number of amides is 1. The number of hydrogen-bond acceptors (Lipinski definition) is 5. The average Bonchev–Trinajstić information content (AvgIpc) is 2.84. The van der Waals surface area contributed by atoms with Crippen LogP contribution < -0.4 is 5.32 Å². The summed E-state index contributed by atoms with van der Waals surface area (Å²) >= 11 is 6.12. The van der Waals surface area contributed by atoms with Gasteiger partial charge in [-0.2, -0.15) is 0 Å². The molecule has 0 aliphatic carbocycles. The molecule has 0 radical (unpaired) electrons. The van der Waals surface area contributed by atoms with Crippen LogP contribution in [0.15, 0.2) is 42.5 Å². The van der Waals surface area contributed by atoms with Gasteiger partial charge in [0, 0.05) is 5.02 Å². The van der Waals surface area contributed by atoms with Gasteiger partial charge in [-0.05, 0) is 56.4 Å². The summed E-state index contributed by atoms with van der Waals surface area (Å²) in [6, 6.07) is 12.2.